The fraction of sp³-hybridized carbons (Fsp3) is 0.455. The van der Waals surface area contributed by atoms with Gasteiger partial charge in [0.1, 0.15) is 0 Å². The highest BCUT2D eigenvalue weighted by Crippen LogP contribution is 2.23. The average Bonchev–Trinajstić information content (AvgIpc) is 2.13. The number of rotatable bonds is 3. The average molecular weight is 287 g/mol. The number of nitro benzene ring substituents is 1. The van der Waals surface area contributed by atoms with E-state index in [0.29, 0.717) is 12.1 Å². The third-order valence-electron chi connectivity index (χ3n) is 2.05. The van der Waals surface area contributed by atoms with Gasteiger partial charge in [-0.15, -0.1) is 0 Å². The highest BCUT2D eigenvalue weighted by atomic mass is 79.9. The van der Waals surface area contributed by atoms with Crippen LogP contribution in [0, 0.1) is 10.1 Å². The zero-order chi connectivity index (χ0) is 12.3. The van der Waals surface area contributed by atoms with Crippen LogP contribution in [0.5, 0.6) is 0 Å². The number of benzene rings is 1. The van der Waals surface area contributed by atoms with E-state index in [4.69, 9.17) is 0 Å². The van der Waals surface area contributed by atoms with Crippen molar-refractivity contribution in [1.29, 1.82) is 0 Å². The lowest BCUT2D eigenvalue weighted by Crippen LogP contribution is -2.35. The Bertz CT molecular complexity index is 399. The van der Waals surface area contributed by atoms with Crippen LogP contribution in [0.3, 0.4) is 0 Å². The molecule has 0 spiro atoms. The van der Waals surface area contributed by atoms with Crippen LogP contribution in [-0.2, 0) is 6.54 Å². The number of halogens is 1. The van der Waals surface area contributed by atoms with Gasteiger partial charge < -0.3 is 5.32 Å². The van der Waals surface area contributed by atoms with E-state index >= 15 is 0 Å². The van der Waals surface area contributed by atoms with Crippen LogP contribution < -0.4 is 5.32 Å². The monoisotopic (exact) mass is 286 g/mol. The summed E-state index contributed by atoms with van der Waals surface area (Å²) >= 11 is 3.32. The Labute approximate surface area is 103 Å². The van der Waals surface area contributed by atoms with E-state index in [1.807, 2.05) is 20.8 Å². The van der Waals surface area contributed by atoms with Gasteiger partial charge in [0.2, 0.25) is 0 Å². The van der Waals surface area contributed by atoms with Gasteiger partial charge in [-0.3, -0.25) is 10.1 Å². The van der Waals surface area contributed by atoms with Crippen LogP contribution in [0.1, 0.15) is 26.3 Å². The number of nitro groups is 1. The molecule has 1 aromatic carbocycles. The first-order chi connectivity index (χ1) is 7.29. The normalized spacial score (nSPS) is 11.5. The number of hydrogen-bond acceptors (Lipinski definition) is 3. The predicted octanol–water partition coefficient (Wildman–Crippen LogP) is 3.25. The predicted molar refractivity (Wildman–Crippen MR) is 67.4 cm³/mol. The van der Waals surface area contributed by atoms with Crippen LogP contribution in [0.15, 0.2) is 22.7 Å². The smallest absolute Gasteiger partial charge is 0.273 e. The fourth-order valence-corrected chi connectivity index (χ4v) is 1.64. The van der Waals surface area contributed by atoms with E-state index in [0.717, 1.165) is 4.47 Å². The summed E-state index contributed by atoms with van der Waals surface area (Å²) in [6.07, 6.45) is 0. The molecule has 0 unspecified atom stereocenters. The molecule has 1 N–H and O–H groups in total. The van der Waals surface area contributed by atoms with E-state index in [9.17, 15) is 10.1 Å². The lowest BCUT2D eigenvalue weighted by atomic mass is 10.1. The summed E-state index contributed by atoms with van der Waals surface area (Å²) in [5.74, 6) is 0. The molecule has 4 nitrogen and oxygen atoms in total. The van der Waals surface area contributed by atoms with Crippen LogP contribution in [0.25, 0.3) is 0 Å². The van der Waals surface area contributed by atoms with Gasteiger partial charge in [0.15, 0.2) is 0 Å². The summed E-state index contributed by atoms with van der Waals surface area (Å²) in [5.41, 5.74) is 0.783. The Morgan fingerprint density at radius 3 is 2.56 bits per heavy atom. The van der Waals surface area contributed by atoms with E-state index in [-0.39, 0.29) is 16.1 Å². The van der Waals surface area contributed by atoms with Gasteiger partial charge >= 0.3 is 0 Å². The summed E-state index contributed by atoms with van der Waals surface area (Å²) in [7, 11) is 0. The van der Waals surface area contributed by atoms with E-state index < -0.39 is 0 Å². The first-order valence-electron chi connectivity index (χ1n) is 4.97. The van der Waals surface area contributed by atoms with Crippen molar-refractivity contribution in [3.63, 3.8) is 0 Å². The molecule has 0 fully saturated rings. The highest BCUT2D eigenvalue weighted by Gasteiger charge is 2.16. The maximum atomic E-state index is 10.8. The minimum atomic E-state index is -0.355. The minimum Gasteiger partial charge on any atom is -0.308 e. The van der Waals surface area contributed by atoms with Gasteiger partial charge in [-0.25, -0.2) is 0 Å². The Kier molecular flexibility index (Phi) is 4.04. The largest absolute Gasteiger partial charge is 0.308 e. The molecule has 0 aliphatic rings. The van der Waals surface area contributed by atoms with Crippen molar-refractivity contribution in [2.24, 2.45) is 0 Å². The summed E-state index contributed by atoms with van der Waals surface area (Å²) in [6, 6.07) is 4.97. The quantitative estimate of drug-likeness (QED) is 0.686. The van der Waals surface area contributed by atoms with Crippen molar-refractivity contribution in [3.05, 3.63) is 38.3 Å². The van der Waals surface area contributed by atoms with Gasteiger partial charge in [0, 0.05) is 28.2 Å². The molecule has 0 atom stereocenters. The summed E-state index contributed by atoms with van der Waals surface area (Å²) in [6.45, 7) is 6.56. The van der Waals surface area contributed by atoms with Gasteiger partial charge in [0.05, 0.1) is 4.92 Å². The molecule has 0 radical (unpaired) electrons. The third-order valence-corrected chi connectivity index (χ3v) is 2.54. The Morgan fingerprint density at radius 1 is 1.44 bits per heavy atom. The zero-order valence-electron chi connectivity index (χ0n) is 9.58. The third kappa shape index (κ3) is 3.90. The Hall–Kier alpha value is -0.940. The molecule has 0 saturated carbocycles. The van der Waals surface area contributed by atoms with E-state index in [1.165, 1.54) is 6.07 Å². The summed E-state index contributed by atoms with van der Waals surface area (Å²) < 4.78 is 0.851. The van der Waals surface area contributed by atoms with Crippen molar-refractivity contribution in [2.45, 2.75) is 32.9 Å². The maximum absolute atomic E-state index is 10.8. The molecule has 0 aromatic heterocycles. The van der Waals surface area contributed by atoms with Gasteiger partial charge in [-0.2, -0.15) is 0 Å². The molecule has 0 bridgehead atoms. The number of hydrogen-bond donors (Lipinski definition) is 1. The molecule has 0 amide bonds. The van der Waals surface area contributed by atoms with Gasteiger partial charge in [0.25, 0.3) is 5.69 Å². The number of nitrogens with zero attached hydrogens (tertiary/aromatic N) is 1. The lowest BCUT2D eigenvalue weighted by molar-refractivity contribution is -0.385. The lowest BCUT2D eigenvalue weighted by Gasteiger charge is -2.20. The molecular formula is C11H15BrN2O2. The Balaban J connectivity index is 2.93. The van der Waals surface area contributed by atoms with Crippen LogP contribution in [-0.4, -0.2) is 10.5 Å². The molecule has 0 saturated heterocycles. The van der Waals surface area contributed by atoms with E-state index in [1.54, 1.807) is 12.1 Å². The van der Waals surface area contributed by atoms with E-state index in [2.05, 4.69) is 21.2 Å². The molecular weight excluding hydrogens is 272 g/mol. The molecule has 88 valence electrons. The van der Waals surface area contributed by atoms with Crippen molar-refractivity contribution >= 4 is 21.6 Å². The molecule has 5 heteroatoms. The van der Waals surface area contributed by atoms with Crippen LogP contribution in [0.4, 0.5) is 5.69 Å². The molecule has 0 aliphatic heterocycles. The van der Waals surface area contributed by atoms with Crippen LogP contribution in [0.2, 0.25) is 0 Å². The van der Waals surface area contributed by atoms with Crippen molar-refractivity contribution in [3.8, 4) is 0 Å². The molecule has 0 heterocycles. The van der Waals surface area contributed by atoms with Crippen molar-refractivity contribution in [1.82, 2.24) is 5.32 Å². The second-order valence-corrected chi connectivity index (χ2v) is 5.55. The minimum absolute atomic E-state index is 0.0593. The second-order valence-electron chi connectivity index (χ2n) is 4.63. The molecule has 16 heavy (non-hydrogen) atoms. The van der Waals surface area contributed by atoms with Gasteiger partial charge in [-0.05, 0) is 32.9 Å². The molecule has 1 aromatic rings. The summed E-state index contributed by atoms with van der Waals surface area (Å²) in [4.78, 5) is 10.5. The topological polar surface area (TPSA) is 55.2 Å². The van der Waals surface area contributed by atoms with Crippen LogP contribution >= 0.6 is 15.9 Å². The number of nitrogens with one attached hydrogen (secondary N) is 1. The SMILES string of the molecule is CC(C)(C)NCc1cc(Br)ccc1[N+](=O)[O-]. The first kappa shape index (κ1) is 13.1. The second kappa shape index (κ2) is 4.93. The zero-order valence-corrected chi connectivity index (χ0v) is 11.2. The maximum Gasteiger partial charge on any atom is 0.273 e. The Morgan fingerprint density at radius 2 is 2.06 bits per heavy atom. The van der Waals surface area contributed by atoms with Gasteiger partial charge in [-0.1, -0.05) is 15.9 Å². The summed E-state index contributed by atoms with van der Waals surface area (Å²) in [5, 5.41) is 14.1. The van der Waals surface area contributed by atoms with Crippen molar-refractivity contribution in [2.75, 3.05) is 0 Å². The van der Waals surface area contributed by atoms with Crippen molar-refractivity contribution < 1.29 is 4.92 Å². The highest BCUT2D eigenvalue weighted by molar-refractivity contribution is 9.10. The fourth-order valence-electron chi connectivity index (χ4n) is 1.23. The molecule has 1 rings (SSSR count). The molecule has 0 aliphatic carbocycles. The standard InChI is InChI=1S/C11H15BrN2O2/c1-11(2,3)13-7-8-6-9(12)4-5-10(8)14(15)16/h4-6,13H,7H2,1-3H3. The first-order valence-corrected chi connectivity index (χ1v) is 5.77.